The van der Waals surface area contributed by atoms with Crippen molar-refractivity contribution in [3.63, 3.8) is 0 Å². The normalized spacial score (nSPS) is 34.9. The molecule has 0 aromatic heterocycles. The van der Waals surface area contributed by atoms with Gasteiger partial charge in [0.15, 0.2) is 0 Å². The number of aliphatic hydroxyl groups is 1. The second-order valence-electron chi connectivity index (χ2n) is 4.13. The van der Waals surface area contributed by atoms with Gasteiger partial charge in [-0.15, -0.1) is 0 Å². The van der Waals surface area contributed by atoms with E-state index in [2.05, 4.69) is 0 Å². The summed E-state index contributed by atoms with van der Waals surface area (Å²) in [6, 6.07) is 0. The predicted molar refractivity (Wildman–Crippen MR) is 49.2 cm³/mol. The molecule has 3 nitrogen and oxygen atoms in total. The van der Waals surface area contributed by atoms with Gasteiger partial charge in [-0.2, -0.15) is 0 Å². The Bertz CT molecular complexity index is 198. The Morgan fingerprint density at radius 3 is 2.69 bits per heavy atom. The highest BCUT2D eigenvalue weighted by molar-refractivity contribution is 5.72. The third kappa shape index (κ3) is 2.21. The summed E-state index contributed by atoms with van der Waals surface area (Å²) in [6.07, 6.45) is 2.02. The number of rotatable bonds is 3. The summed E-state index contributed by atoms with van der Waals surface area (Å²) in [5.41, 5.74) is -0.789. The Kier molecular flexibility index (Phi) is 2.96. The van der Waals surface area contributed by atoms with Crippen LogP contribution < -0.4 is 0 Å². The highest BCUT2D eigenvalue weighted by atomic mass is 16.6. The van der Waals surface area contributed by atoms with Gasteiger partial charge in [-0.25, -0.2) is 0 Å². The first-order valence-electron chi connectivity index (χ1n) is 4.90. The van der Waals surface area contributed by atoms with Gasteiger partial charge in [0.05, 0.1) is 11.5 Å². The molecule has 1 saturated carbocycles. The van der Waals surface area contributed by atoms with Gasteiger partial charge in [-0.05, 0) is 26.2 Å². The lowest BCUT2D eigenvalue weighted by atomic mass is 9.78. The largest absolute Gasteiger partial charge is 0.459 e. The maximum atomic E-state index is 11.3. The highest BCUT2D eigenvalue weighted by Crippen LogP contribution is 2.34. The van der Waals surface area contributed by atoms with E-state index in [-0.39, 0.29) is 18.0 Å². The number of carbonyl (C=O) groups excluding carboxylic acids is 1. The van der Waals surface area contributed by atoms with Crippen LogP contribution in [0.4, 0.5) is 0 Å². The van der Waals surface area contributed by atoms with Crippen LogP contribution in [0.25, 0.3) is 0 Å². The average molecular weight is 186 g/mol. The summed E-state index contributed by atoms with van der Waals surface area (Å²) in [6.45, 7) is 5.51. The molecule has 76 valence electrons. The minimum absolute atomic E-state index is 0.0589. The Labute approximate surface area is 79.1 Å². The van der Waals surface area contributed by atoms with Crippen molar-refractivity contribution in [2.24, 2.45) is 5.92 Å². The number of ether oxygens (including phenoxy) is 1. The van der Waals surface area contributed by atoms with E-state index in [0.29, 0.717) is 0 Å². The third-order valence-electron chi connectivity index (χ3n) is 2.88. The van der Waals surface area contributed by atoms with Crippen molar-refractivity contribution in [2.75, 3.05) is 0 Å². The lowest BCUT2D eigenvalue weighted by Crippen LogP contribution is -2.51. The zero-order valence-corrected chi connectivity index (χ0v) is 8.54. The first-order valence-corrected chi connectivity index (χ1v) is 4.90. The van der Waals surface area contributed by atoms with Gasteiger partial charge in [0.1, 0.15) is 6.10 Å². The van der Waals surface area contributed by atoms with Crippen molar-refractivity contribution in [3.8, 4) is 0 Å². The summed E-state index contributed by atoms with van der Waals surface area (Å²) < 4.78 is 5.17. The number of carbonyl (C=O) groups is 1. The van der Waals surface area contributed by atoms with E-state index >= 15 is 0 Å². The van der Waals surface area contributed by atoms with E-state index in [4.69, 9.17) is 4.74 Å². The second kappa shape index (κ2) is 3.66. The second-order valence-corrected chi connectivity index (χ2v) is 4.13. The molecule has 1 rings (SSSR count). The Hall–Kier alpha value is -0.570. The molecule has 0 heterocycles. The minimum Gasteiger partial charge on any atom is -0.459 e. The first-order chi connectivity index (χ1) is 5.97. The average Bonchev–Trinajstić information content (AvgIpc) is 2.10. The molecule has 0 spiro atoms. The van der Waals surface area contributed by atoms with Gasteiger partial charge in [0.2, 0.25) is 0 Å². The lowest BCUT2D eigenvalue weighted by Gasteiger charge is -2.41. The first kappa shape index (κ1) is 10.5. The predicted octanol–water partition coefficient (Wildman–Crippen LogP) is 1.49. The molecule has 0 aromatic rings. The summed E-state index contributed by atoms with van der Waals surface area (Å²) >= 11 is 0. The van der Waals surface area contributed by atoms with Crippen LogP contribution in [0.15, 0.2) is 0 Å². The molecule has 0 amide bonds. The van der Waals surface area contributed by atoms with Crippen LogP contribution in [0, 0.1) is 5.92 Å². The molecule has 3 heteroatoms. The van der Waals surface area contributed by atoms with Crippen LogP contribution in [0.1, 0.15) is 40.0 Å². The molecular weight excluding hydrogens is 168 g/mol. The van der Waals surface area contributed by atoms with Crippen LogP contribution >= 0.6 is 0 Å². The standard InChI is InChI=1S/C10H18O3/c1-4-7(2)9(11)13-8-5-6-10(8,3)12/h7-8,12H,4-6H2,1-3H3. The SMILES string of the molecule is CCC(C)C(=O)OC1CCC1(C)O. The van der Waals surface area contributed by atoms with Crippen molar-refractivity contribution >= 4 is 5.97 Å². The van der Waals surface area contributed by atoms with Crippen LogP contribution in [0.3, 0.4) is 0 Å². The molecule has 0 bridgehead atoms. The number of hydrogen-bond acceptors (Lipinski definition) is 3. The smallest absolute Gasteiger partial charge is 0.309 e. The van der Waals surface area contributed by atoms with Crippen molar-refractivity contribution in [1.82, 2.24) is 0 Å². The zero-order valence-electron chi connectivity index (χ0n) is 8.54. The topological polar surface area (TPSA) is 46.5 Å². The third-order valence-corrected chi connectivity index (χ3v) is 2.88. The lowest BCUT2D eigenvalue weighted by molar-refractivity contribution is -0.188. The van der Waals surface area contributed by atoms with E-state index in [9.17, 15) is 9.90 Å². The molecule has 0 aromatic carbocycles. The highest BCUT2D eigenvalue weighted by Gasteiger charge is 2.44. The summed E-state index contributed by atoms with van der Waals surface area (Å²) in [4.78, 5) is 11.3. The van der Waals surface area contributed by atoms with Gasteiger partial charge in [0, 0.05) is 0 Å². The monoisotopic (exact) mass is 186 g/mol. The fourth-order valence-corrected chi connectivity index (χ4v) is 1.29. The Morgan fingerprint density at radius 1 is 1.77 bits per heavy atom. The molecular formula is C10H18O3. The van der Waals surface area contributed by atoms with E-state index in [1.54, 1.807) is 6.92 Å². The minimum atomic E-state index is -0.789. The zero-order chi connectivity index (χ0) is 10.1. The van der Waals surface area contributed by atoms with Gasteiger partial charge < -0.3 is 9.84 Å². The summed E-state index contributed by atoms with van der Waals surface area (Å²) in [5, 5.41) is 9.60. The Morgan fingerprint density at radius 2 is 2.38 bits per heavy atom. The van der Waals surface area contributed by atoms with E-state index in [1.807, 2.05) is 13.8 Å². The molecule has 13 heavy (non-hydrogen) atoms. The summed E-state index contributed by atoms with van der Waals surface area (Å²) in [7, 11) is 0. The molecule has 0 aliphatic heterocycles. The number of hydrogen-bond donors (Lipinski definition) is 1. The van der Waals surface area contributed by atoms with Crippen LogP contribution in [0.5, 0.6) is 0 Å². The van der Waals surface area contributed by atoms with Gasteiger partial charge >= 0.3 is 5.97 Å². The van der Waals surface area contributed by atoms with Crippen LogP contribution in [-0.2, 0) is 9.53 Å². The fourth-order valence-electron chi connectivity index (χ4n) is 1.29. The molecule has 0 saturated heterocycles. The molecule has 0 radical (unpaired) electrons. The molecule has 1 aliphatic carbocycles. The van der Waals surface area contributed by atoms with Gasteiger partial charge in [0.25, 0.3) is 0 Å². The molecule has 1 aliphatic rings. The molecule has 3 unspecified atom stereocenters. The van der Waals surface area contributed by atoms with E-state index < -0.39 is 5.60 Å². The van der Waals surface area contributed by atoms with Gasteiger partial charge in [-0.3, -0.25) is 4.79 Å². The number of esters is 1. The van der Waals surface area contributed by atoms with Crippen LogP contribution in [0.2, 0.25) is 0 Å². The summed E-state index contributed by atoms with van der Waals surface area (Å²) in [5.74, 6) is -0.246. The maximum absolute atomic E-state index is 11.3. The van der Waals surface area contributed by atoms with Crippen molar-refractivity contribution < 1.29 is 14.6 Å². The molecule has 1 N–H and O–H groups in total. The van der Waals surface area contributed by atoms with Crippen molar-refractivity contribution in [3.05, 3.63) is 0 Å². The van der Waals surface area contributed by atoms with E-state index in [0.717, 1.165) is 19.3 Å². The fraction of sp³-hybridized carbons (Fsp3) is 0.900. The quantitative estimate of drug-likeness (QED) is 0.679. The van der Waals surface area contributed by atoms with Crippen molar-refractivity contribution in [1.29, 1.82) is 0 Å². The van der Waals surface area contributed by atoms with E-state index in [1.165, 1.54) is 0 Å². The van der Waals surface area contributed by atoms with Gasteiger partial charge in [-0.1, -0.05) is 13.8 Å². The molecule has 3 atom stereocenters. The maximum Gasteiger partial charge on any atom is 0.309 e. The van der Waals surface area contributed by atoms with Crippen LogP contribution in [-0.4, -0.2) is 22.8 Å². The Balaban J connectivity index is 2.37. The van der Waals surface area contributed by atoms with Crippen molar-refractivity contribution in [2.45, 2.75) is 51.7 Å². The molecule has 1 fully saturated rings.